The van der Waals surface area contributed by atoms with Crippen LogP contribution in [0.3, 0.4) is 0 Å². The summed E-state index contributed by atoms with van der Waals surface area (Å²) < 4.78 is 5.21. The predicted molar refractivity (Wildman–Crippen MR) is 104 cm³/mol. The average molecular weight is 366 g/mol. The summed E-state index contributed by atoms with van der Waals surface area (Å²) in [7, 11) is 0. The maximum Gasteiger partial charge on any atom is 0.410 e. The van der Waals surface area contributed by atoms with E-state index >= 15 is 0 Å². The fourth-order valence-corrected chi connectivity index (χ4v) is 3.92. The first-order valence-electron chi connectivity index (χ1n) is 9.52. The van der Waals surface area contributed by atoms with E-state index in [0.717, 1.165) is 51.1 Å². The van der Waals surface area contributed by atoms with Crippen molar-refractivity contribution in [1.82, 2.24) is 9.80 Å². The highest BCUT2D eigenvalue weighted by atomic mass is 16.6. The van der Waals surface area contributed by atoms with Gasteiger partial charge in [-0.15, -0.1) is 5.92 Å². The Morgan fingerprint density at radius 1 is 1.26 bits per heavy atom. The Kier molecular flexibility index (Phi) is 6.57. The molecule has 142 valence electrons. The molecule has 0 saturated carbocycles. The van der Waals surface area contributed by atoms with Crippen molar-refractivity contribution in [3.05, 3.63) is 29.8 Å². The van der Waals surface area contributed by atoms with E-state index in [2.05, 4.69) is 28.1 Å². The fourth-order valence-electron chi connectivity index (χ4n) is 3.92. The van der Waals surface area contributed by atoms with Gasteiger partial charge in [0.05, 0.1) is 11.6 Å². The molecule has 2 aliphatic rings. The average Bonchev–Trinajstić information content (AvgIpc) is 2.92. The molecule has 1 aromatic rings. The molecule has 1 amide bonds. The summed E-state index contributed by atoms with van der Waals surface area (Å²) in [4.78, 5) is 16.5. The Bertz CT molecular complexity index is 730. The Morgan fingerprint density at radius 3 is 2.59 bits per heavy atom. The maximum absolute atomic E-state index is 12.1. The Hall–Kier alpha value is -2.70. The number of likely N-dealkylation sites (tertiary alicyclic amines) is 1. The number of nitriles is 1. The minimum Gasteiger partial charge on any atom is -0.436 e. The van der Waals surface area contributed by atoms with E-state index < -0.39 is 0 Å². The molecule has 0 aliphatic carbocycles. The zero-order valence-corrected chi connectivity index (χ0v) is 15.8. The number of nitrogens with one attached hydrogen (secondary N) is 1. The molecule has 6 heteroatoms. The summed E-state index contributed by atoms with van der Waals surface area (Å²) in [5, 5.41) is 12.2. The van der Waals surface area contributed by atoms with Crippen LogP contribution in [0.15, 0.2) is 24.3 Å². The molecule has 1 N–H and O–H groups in total. The molecule has 6 nitrogen and oxygen atoms in total. The van der Waals surface area contributed by atoms with Gasteiger partial charge in [-0.3, -0.25) is 4.90 Å². The summed E-state index contributed by atoms with van der Waals surface area (Å²) in [6.45, 7) is 5.33. The van der Waals surface area contributed by atoms with Crippen LogP contribution in [0.25, 0.3) is 0 Å². The monoisotopic (exact) mass is 366 g/mol. The Morgan fingerprint density at radius 2 is 1.96 bits per heavy atom. The second-order valence-corrected chi connectivity index (χ2v) is 6.98. The quantitative estimate of drug-likeness (QED) is 0.619. The summed E-state index contributed by atoms with van der Waals surface area (Å²) in [5.41, 5.74) is 1.72. The molecule has 27 heavy (non-hydrogen) atoms. The lowest BCUT2D eigenvalue weighted by atomic mass is 10.2. The van der Waals surface area contributed by atoms with Gasteiger partial charge in [-0.05, 0) is 50.5 Å². The highest BCUT2D eigenvalue weighted by Crippen LogP contribution is 2.30. The first-order chi connectivity index (χ1) is 13.2. The molecule has 2 bridgehead atoms. The predicted octanol–water partition coefficient (Wildman–Crippen LogP) is 2.67. The second-order valence-electron chi connectivity index (χ2n) is 6.98. The minimum absolute atomic E-state index is 0.173. The first kappa shape index (κ1) is 19.1. The largest absolute Gasteiger partial charge is 0.436 e. The van der Waals surface area contributed by atoms with Crippen LogP contribution >= 0.6 is 0 Å². The van der Waals surface area contributed by atoms with E-state index in [0.29, 0.717) is 17.6 Å². The molecule has 0 radical (unpaired) electrons. The van der Waals surface area contributed by atoms with Crippen LogP contribution in [0, 0.1) is 23.2 Å². The van der Waals surface area contributed by atoms with Gasteiger partial charge in [0.25, 0.3) is 0 Å². The molecule has 2 aliphatic heterocycles. The van der Waals surface area contributed by atoms with Crippen LogP contribution < -0.4 is 5.32 Å². The number of hydrogen-bond acceptors (Lipinski definition) is 5. The molecule has 2 heterocycles. The number of carbonyl (C=O) groups is 1. The summed E-state index contributed by atoms with van der Waals surface area (Å²) in [6.07, 6.45) is 3.10. The number of rotatable bonds is 6. The van der Waals surface area contributed by atoms with Gasteiger partial charge in [-0.25, -0.2) is 4.79 Å². The zero-order valence-electron chi connectivity index (χ0n) is 15.8. The number of fused-ring (bicyclic) bond motifs is 2. The van der Waals surface area contributed by atoms with E-state index in [1.807, 2.05) is 29.2 Å². The van der Waals surface area contributed by atoms with E-state index in [9.17, 15) is 4.79 Å². The highest BCUT2D eigenvalue weighted by molar-refractivity contribution is 5.68. The minimum atomic E-state index is -0.239. The van der Waals surface area contributed by atoms with Crippen LogP contribution in [-0.2, 0) is 4.74 Å². The van der Waals surface area contributed by atoms with Gasteiger partial charge in [-0.1, -0.05) is 5.92 Å². The lowest BCUT2D eigenvalue weighted by Crippen LogP contribution is -2.55. The first-order valence-corrected chi connectivity index (χ1v) is 9.52. The molecule has 2 atom stereocenters. The van der Waals surface area contributed by atoms with Crippen LogP contribution in [0.4, 0.5) is 10.5 Å². The van der Waals surface area contributed by atoms with Crippen molar-refractivity contribution in [2.75, 3.05) is 38.1 Å². The summed E-state index contributed by atoms with van der Waals surface area (Å²) in [5.74, 6) is 5.50. The third-order valence-corrected chi connectivity index (χ3v) is 5.27. The molecule has 2 fully saturated rings. The van der Waals surface area contributed by atoms with Crippen LogP contribution in [-0.4, -0.2) is 60.8 Å². The second kappa shape index (κ2) is 9.30. The summed E-state index contributed by atoms with van der Waals surface area (Å²) in [6, 6.07) is 10.5. The standard InChI is InChI=1S/C21H26N4O2/c1-2-3-13-27-21(26)24-15-19-9-10-20(16-24)25(19)12-4-11-23-18-7-5-17(14-22)6-8-18/h5-8,19-20,23H,4,9-13,15-16H2,1H3. The number of benzene rings is 1. The van der Waals surface area contributed by atoms with Gasteiger partial charge in [0, 0.05) is 44.0 Å². The van der Waals surface area contributed by atoms with E-state index in [1.165, 1.54) is 0 Å². The molecular weight excluding hydrogens is 340 g/mol. The number of ether oxygens (including phenoxy) is 1. The molecular formula is C21H26N4O2. The zero-order chi connectivity index (χ0) is 19.1. The molecule has 2 saturated heterocycles. The highest BCUT2D eigenvalue weighted by Gasteiger charge is 2.41. The Balaban J connectivity index is 1.41. The molecule has 2 unspecified atom stereocenters. The van der Waals surface area contributed by atoms with Crippen molar-refractivity contribution in [1.29, 1.82) is 5.26 Å². The SMILES string of the molecule is CC#CCOC(=O)N1CC2CCC(C1)N2CCCNc1ccc(C#N)cc1. The van der Waals surface area contributed by atoms with Crippen LogP contribution in [0.2, 0.25) is 0 Å². The van der Waals surface area contributed by atoms with E-state index in [1.54, 1.807) is 6.92 Å². The molecule has 0 aromatic heterocycles. The van der Waals surface area contributed by atoms with Gasteiger partial charge in [0.15, 0.2) is 6.61 Å². The lowest BCUT2D eigenvalue weighted by molar-refractivity contribution is 0.0505. The van der Waals surface area contributed by atoms with Gasteiger partial charge in [0.2, 0.25) is 0 Å². The van der Waals surface area contributed by atoms with E-state index in [-0.39, 0.29) is 12.7 Å². The van der Waals surface area contributed by atoms with Gasteiger partial charge >= 0.3 is 6.09 Å². The number of anilines is 1. The van der Waals surface area contributed by atoms with Crippen molar-refractivity contribution in [3.8, 4) is 17.9 Å². The van der Waals surface area contributed by atoms with Crippen molar-refractivity contribution < 1.29 is 9.53 Å². The summed E-state index contributed by atoms with van der Waals surface area (Å²) >= 11 is 0. The normalized spacial score (nSPS) is 21.1. The number of nitrogens with zero attached hydrogens (tertiary/aromatic N) is 3. The fraction of sp³-hybridized carbons (Fsp3) is 0.524. The van der Waals surface area contributed by atoms with Gasteiger partial charge in [0.1, 0.15) is 0 Å². The van der Waals surface area contributed by atoms with Crippen LogP contribution in [0.1, 0.15) is 31.7 Å². The third-order valence-electron chi connectivity index (χ3n) is 5.27. The topological polar surface area (TPSA) is 68.6 Å². The third kappa shape index (κ3) is 4.93. The number of hydrogen-bond donors (Lipinski definition) is 1. The van der Waals surface area contributed by atoms with Crippen molar-refractivity contribution in [2.24, 2.45) is 0 Å². The van der Waals surface area contributed by atoms with Crippen molar-refractivity contribution in [3.63, 3.8) is 0 Å². The number of carbonyl (C=O) groups excluding carboxylic acids is 1. The number of amides is 1. The Labute approximate surface area is 161 Å². The van der Waals surface area contributed by atoms with Gasteiger partial charge < -0.3 is 15.0 Å². The van der Waals surface area contributed by atoms with Crippen molar-refractivity contribution >= 4 is 11.8 Å². The smallest absolute Gasteiger partial charge is 0.410 e. The van der Waals surface area contributed by atoms with Crippen molar-refractivity contribution in [2.45, 2.75) is 38.3 Å². The molecule has 3 rings (SSSR count). The van der Waals surface area contributed by atoms with E-state index in [4.69, 9.17) is 10.00 Å². The van der Waals surface area contributed by atoms with Crippen LogP contribution in [0.5, 0.6) is 0 Å². The lowest BCUT2D eigenvalue weighted by Gasteiger charge is -2.40. The maximum atomic E-state index is 12.1. The molecule has 0 spiro atoms. The number of piperazine rings is 1. The molecule has 1 aromatic carbocycles. The van der Waals surface area contributed by atoms with Gasteiger partial charge in [-0.2, -0.15) is 5.26 Å².